The Labute approximate surface area is 364 Å². The summed E-state index contributed by atoms with van der Waals surface area (Å²) in [4.78, 5) is 23.0. The molecule has 0 fully saturated rings. The number of benzene rings is 3. The maximum Gasteiger partial charge on any atom is 2.00 e. The molecule has 2 unspecified atom stereocenters. The van der Waals surface area contributed by atoms with E-state index >= 15 is 0 Å². The number of nitrogens with zero attached hydrogens (tertiary/aromatic N) is 5. The van der Waals surface area contributed by atoms with Crippen molar-refractivity contribution >= 4 is 61.2 Å². The van der Waals surface area contributed by atoms with Gasteiger partial charge in [-0.1, -0.05) is 130 Å². The van der Waals surface area contributed by atoms with Crippen molar-refractivity contribution in [1.29, 1.82) is 0 Å². The summed E-state index contributed by atoms with van der Waals surface area (Å²) in [5.74, 6) is 1.67. The van der Waals surface area contributed by atoms with Crippen LogP contribution in [-0.4, -0.2) is 38.8 Å². The number of fused-ring (bicyclic) bond motifs is 4. The topological polar surface area (TPSA) is 64.0 Å². The molecule has 3 aromatic carbocycles. The minimum atomic E-state index is -0.250. The van der Waals surface area contributed by atoms with Crippen LogP contribution in [0.1, 0.15) is 32.0 Å². The van der Waals surface area contributed by atoms with Gasteiger partial charge >= 0.3 is 27.8 Å². The van der Waals surface area contributed by atoms with Crippen molar-refractivity contribution < 1.29 is 25.8 Å². The Morgan fingerprint density at radius 2 is 1.44 bits per heavy atom. The van der Waals surface area contributed by atoms with E-state index in [2.05, 4.69) is 166 Å². The normalized spacial score (nSPS) is 16.9. The molecule has 3 aliphatic rings. The van der Waals surface area contributed by atoms with Crippen LogP contribution >= 0.6 is 11.3 Å². The van der Waals surface area contributed by atoms with Crippen molar-refractivity contribution in [3.63, 3.8) is 0 Å². The predicted octanol–water partition coefficient (Wildman–Crippen LogP) is 9.35. The van der Waals surface area contributed by atoms with Crippen molar-refractivity contribution in [1.82, 2.24) is 19.9 Å². The number of ether oxygens (including phenoxy) is 1. The molecule has 7 aromatic rings. The maximum absolute atomic E-state index is 6.71. The fourth-order valence-corrected chi connectivity index (χ4v) is 9.30. The molecule has 6 nitrogen and oxygen atoms in total. The molecule has 1 aliphatic heterocycles. The minimum absolute atomic E-state index is 0. The SMILES string of the molecule is CC(C)(C)c1ccc(C2=CC=CC(OC3=CC=CC(N4c5ncccc5B(c5nc(-c6ccccc6)cc(-c6ccccc6)n5)c5sc6ccccc6c54)[CH-]3)[CH-]2)nc1.[Pt+2]. The van der Waals surface area contributed by atoms with E-state index in [0.717, 1.165) is 62.2 Å². The molecule has 2 aliphatic carbocycles. The van der Waals surface area contributed by atoms with Gasteiger partial charge in [-0.25, -0.2) is 15.0 Å². The minimum Gasteiger partial charge on any atom is -0.532 e. The van der Waals surface area contributed by atoms with Crippen LogP contribution in [0.3, 0.4) is 0 Å². The summed E-state index contributed by atoms with van der Waals surface area (Å²) in [6, 6.07) is 39.8. The van der Waals surface area contributed by atoms with E-state index in [1.54, 1.807) is 0 Å². The van der Waals surface area contributed by atoms with E-state index in [-0.39, 0.29) is 45.3 Å². The average Bonchev–Trinajstić information content (AvgIpc) is 3.65. The van der Waals surface area contributed by atoms with Gasteiger partial charge in [-0.2, -0.15) is 24.1 Å². The zero-order chi connectivity index (χ0) is 39.2. The third-order valence-corrected chi connectivity index (χ3v) is 12.1. The standard InChI is InChI=1S/C50H40BN5OS.Pt/c1-50(2,3)36-26-27-42(53-32-36)35-19-12-21-38(29-35)57-39-22-13-20-37(30-39)56-46-40-23-10-11-25-45(40)58-47(46)51(41-24-14-28-52-48(41)56)49-54-43(33-15-6-4-7-16-33)31-44(55-49)34-17-8-5-9-18-34;/h4-32,37-38H,1-3H3;/q-2;+2. The van der Waals surface area contributed by atoms with Gasteiger partial charge in [-0.3, -0.25) is 0 Å². The molecule has 4 aromatic heterocycles. The van der Waals surface area contributed by atoms with E-state index in [9.17, 15) is 0 Å². The first-order valence-electron chi connectivity index (χ1n) is 19.7. The van der Waals surface area contributed by atoms with Gasteiger partial charge in [0.15, 0.2) is 0 Å². The molecule has 290 valence electrons. The second-order valence-electron chi connectivity index (χ2n) is 15.8. The first-order valence-corrected chi connectivity index (χ1v) is 20.5. The summed E-state index contributed by atoms with van der Waals surface area (Å²) in [5.41, 5.74) is 10.0. The Morgan fingerprint density at radius 3 is 2.15 bits per heavy atom. The number of thiophene rings is 1. The Bertz CT molecular complexity index is 2720. The number of aromatic nitrogens is 4. The summed E-state index contributed by atoms with van der Waals surface area (Å²) in [7, 11) is 0. The Hall–Kier alpha value is -5.95. The number of allylic oxidation sites excluding steroid dienone is 4. The Morgan fingerprint density at radius 1 is 0.729 bits per heavy atom. The van der Waals surface area contributed by atoms with Gasteiger partial charge in [0.05, 0.1) is 23.2 Å². The smallest absolute Gasteiger partial charge is 0.532 e. The zero-order valence-corrected chi connectivity index (χ0v) is 35.9. The molecule has 0 amide bonds. The van der Waals surface area contributed by atoms with Gasteiger partial charge in [0, 0.05) is 44.4 Å². The summed E-state index contributed by atoms with van der Waals surface area (Å²) < 4.78 is 9.10. The van der Waals surface area contributed by atoms with Crippen LogP contribution in [0.15, 0.2) is 170 Å². The van der Waals surface area contributed by atoms with E-state index in [1.165, 1.54) is 20.4 Å². The Balaban J connectivity index is 0.00000449. The average molecular weight is 965 g/mol. The molecular formula is C50H40BN5OPtS. The number of pyridine rings is 2. The van der Waals surface area contributed by atoms with E-state index < -0.39 is 0 Å². The molecule has 9 heteroatoms. The molecule has 0 N–H and O–H groups in total. The quantitative estimate of drug-likeness (QED) is 0.117. The molecule has 5 heterocycles. The van der Waals surface area contributed by atoms with Crippen molar-refractivity contribution in [2.45, 2.75) is 38.3 Å². The van der Waals surface area contributed by atoms with Crippen LogP contribution in [0.5, 0.6) is 0 Å². The van der Waals surface area contributed by atoms with Crippen LogP contribution in [0.2, 0.25) is 0 Å². The summed E-state index contributed by atoms with van der Waals surface area (Å²) in [6.45, 7) is 6.38. The fourth-order valence-electron chi connectivity index (χ4n) is 7.98. The van der Waals surface area contributed by atoms with Crippen molar-refractivity contribution in [3.05, 3.63) is 194 Å². The van der Waals surface area contributed by atoms with Gasteiger partial charge in [0.1, 0.15) is 11.5 Å². The molecule has 0 saturated heterocycles. The van der Waals surface area contributed by atoms with Crippen LogP contribution in [0.25, 0.3) is 38.2 Å². The summed E-state index contributed by atoms with van der Waals surface area (Å²) >= 11 is 1.81. The molecule has 0 spiro atoms. The summed E-state index contributed by atoms with van der Waals surface area (Å²) in [6.07, 6.45) is 20.5. The van der Waals surface area contributed by atoms with Crippen molar-refractivity contribution in [2.24, 2.45) is 0 Å². The van der Waals surface area contributed by atoms with Crippen molar-refractivity contribution in [3.8, 4) is 22.5 Å². The second kappa shape index (κ2) is 16.0. The first kappa shape index (κ1) is 38.6. The van der Waals surface area contributed by atoms with Crippen LogP contribution in [-0.2, 0) is 31.2 Å². The third-order valence-electron chi connectivity index (χ3n) is 10.9. The number of hydrogen-bond acceptors (Lipinski definition) is 7. The zero-order valence-electron chi connectivity index (χ0n) is 32.8. The Kier molecular flexibility index (Phi) is 10.5. The third kappa shape index (κ3) is 7.48. The van der Waals surface area contributed by atoms with Crippen molar-refractivity contribution in [2.75, 3.05) is 4.90 Å². The number of rotatable bonds is 7. The molecule has 0 radical (unpaired) electrons. The van der Waals surface area contributed by atoms with Crippen LogP contribution < -0.4 is 20.9 Å². The van der Waals surface area contributed by atoms with E-state index in [0.29, 0.717) is 0 Å². The molecule has 0 bridgehead atoms. The summed E-state index contributed by atoms with van der Waals surface area (Å²) in [5, 5.41) is 1.17. The van der Waals surface area contributed by atoms with Gasteiger partial charge in [-0.15, -0.1) is 29.9 Å². The largest absolute Gasteiger partial charge is 2.00 e. The fraction of sp³-hybridized carbons (Fsp3) is 0.120. The molecular weight excluding hydrogens is 925 g/mol. The monoisotopic (exact) mass is 964 g/mol. The number of anilines is 2. The van der Waals surface area contributed by atoms with Gasteiger partial charge in [0.2, 0.25) is 0 Å². The maximum atomic E-state index is 6.71. The second-order valence-corrected chi connectivity index (χ2v) is 16.9. The first-order chi connectivity index (χ1) is 28.4. The molecule has 2 atom stereocenters. The molecule has 10 rings (SSSR count). The molecule has 59 heavy (non-hydrogen) atoms. The van der Waals surface area contributed by atoms with E-state index in [1.807, 2.05) is 48.0 Å². The number of hydrogen-bond donors (Lipinski definition) is 0. The predicted molar refractivity (Wildman–Crippen MR) is 240 cm³/mol. The van der Waals surface area contributed by atoms with Crippen LogP contribution in [0.4, 0.5) is 11.5 Å². The van der Waals surface area contributed by atoms with Gasteiger partial charge < -0.3 is 14.6 Å². The van der Waals surface area contributed by atoms with Crippen LogP contribution in [0, 0.1) is 12.8 Å². The van der Waals surface area contributed by atoms with E-state index in [4.69, 9.17) is 24.7 Å². The molecule has 0 saturated carbocycles. The van der Waals surface area contributed by atoms with Gasteiger partial charge in [-0.05, 0) is 46.1 Å². The van der Waals surface area contributed by atoms with Gasteiger partial charge in [0.25, 0.3) is 0 Å².